The highest BCUT2D eigenvalue weighted by molar-refractivity contribution is 7.19. The van der Waals surface area contributed by atoms with Crippen LogP contribution in [0.5, 0.6) is 5.75 Å². The van der Waals surface area contributed by atoms with E-state index in [9.17, 15) is 4.79 Å². The van der Waals surface area contributed by atoms with Crippen LogP contribution in [0.3, 0.4) is 0 Å². The first-order chi connectivity index (χ1) is 16.1. The molecule has 8 heteroatoms. The highest BCUT2D eigenvalue weighted by Crippen LogP contribution is 2.40. The number of rotatable bonds is 6. The van der Waals surface area contributed by atoms with Gasteiger partial charge in [-0.2, -0.15) is 0 Å². The Hall–Kier alpha value is -3.52. The summed E-state index contributed by atoms with van der Waals surface area (Å²) in [6, 6.07) is 11.1. The second-order valence-electron chi connectivity index (χ2n) is 8.14. The highest BCUT2D eigenvalue weighted by Gasteiger charge is 2.24. The normalized spacial score (nSPS) is 12.9. The number of carbonyl (C=O) groups is 1. The number of aryl methyl sites for hydroxylation is 2. The van der Waals surface area contributed by atoms with Crippen molar-refractivity contribution in [3.8, 4) is 17.1 Å². The molecule has 7 nitrogen and oxygen atoms in total. The first kappa shape index (κ1) is 21.3. The SMILES string of the molecule is COc1ccc(NC(=O)CN(C)c2nc(-c3cccnc3)nc3sc4c(c23)CCCC4)cc1. The molecule has 33 heavy (non-hydrogen) atoms. The van der Waals surface area contributed by atoms with Crippen molar-refractivity contribution in [3.05, 3.63) is 59.2 Å². The predicted octanol–water partition coefficient (Wildman–Crippen LogP) is 4.72. The van der Waals surface area contributed by atoms with Crippen LogP contribution in [0.1, 0.15) is 23.3 Å². The lowest BCUT2D eigenvalue weighted by molar-refractivity contribution is -0.114. The summed E-state index contributed by atoms with van der Waals surface area (Å²) in [6.07, 6.45) is 8.00. The van der Waals surface area contributed by atoms with Gasteiger partial charge in [0, 0.05) is 35.6 Å². The van der Waals surface area contributed by atoms with Crippen LogP contribution in [0.25, 0.3) is 21.6 Å². The Kier molecular flexibility index (Phi) is 5.92. The number of fused-ring (bicyclic) bond motifs is 3. The zero-order chi connectivity index (χ0) is 22.8. The first-order valence-electron chi connectivity index (χ1n) is 11.0. The topological polar surface area (TPSA) is 80.2 Å². The molecule has 0 saturated heterocycles. The predicted molar refractivity (Wildman–Crippen MR) is 132 cm³/mol. The number of hydrogen-bond acceptors (Lipinski definition) is 7. The summed E-state index contributed by atoms with van der Waals surface area (Å²) in [5, 5.41) is 4.04. The van der Waals surface area contributed by atoms with Crippen molar-refractivity contribution >= 4 is 39.0 Å². The van der Waals surface area contributed by atoms with E-state index in [-0.39, 0.29) is 12.5 Å². The summed E-state index contributed by atoms with van der Waals surface area (Å²) >= 11 is 1.75. The number of hydrogen-bond donors (Lipinski definition) is 1. The number of pyridine rings is 1. The molecule has 1 N–H and O–H groups in total. The second-order valence-corrected chi connectivity index (χ2v) is 9.22. The third-order valence-corrected chi connectivity index (χ3v) is 7.02. The summed E-state index contributed by atoms with van der Waals surface area (Å²) in [4.78, 5) is 31.2. The summed E-state index contributed by atoms with van der Waals surface area (Å²) in [5.74, 6) is 2.06. The molecule has 1 aliphatic rings. The molecule has 4 aromatic rings. The maximum Gasteiger partial charge on any atom is 0.243 e. The van der Waals surface area contributed by atoms with Gasteiger partial charge < -0.3 is 15.0 Å². The van der Waals surface area contributed by atoms with Crippen molar-refractivity contribution in [1.29, 1.82) is 0 Å². The van der Waals surface area contributed by atoms with Crippen molar-refractivity contribution in [2.24, 2.45) is 0 Å². The summed E-state index contributed by atoms with van der Waals surface area (Å²) in [5.41, 5.74) is 2.94. The highest BCUT2D eigenvalue weighted by atomic mass is 32.1. The molecule has 3 heterocycles. The Labute approximate surface area is 196 Å². The van der Waals surface area contributed by atoms with E-state index in [2.05, 4.69) is 10.3 Å². The Morgan fingerprint density at radius 1 is 1.15 bits per heavy atom. The second kappa shape index (κ2) is 9.15. The van der Waals surface area contributed by atoms with Crippen molar-refractivity contribution in [1.82, 2.24) is 15.0 Å². The van der Waals surface area contributed by atoms with Gasteiger partial charge in [0.25, 0.3) is 0 Å². The Bertz CT molecular complexity index is 1290. The minimum Gasteiger partial charge on any atom is -0.497 e. The number of benzene rings is 1. The van der Waals surface area contributed by atoms with Crippen LogP contribution >= 0.6 is 11.3 Å². The van der Waals surface area contributed by atoms with Gasteiger partial charge in [0.05, 0.1) is 19.0 Å². The van der Waals surface area contributed by atoms with Gasteiger partial charge >= 0.3 is 0 Å². The fourth-order valence-corrected chi connectivity index (χ4v) is 5.46. The quantitative estimate of drug-likeness (QED) is 0.450. The van der Waals surface area contributed by atoms with Gasteiger partial charge in [-0.3, -0.25) is 9.78 Å². The van der Waals surface area contributed by atoms with Gasteiger partial charge in [0.2, 0.25) is 5.91 Å². The fraction of sp³-hybridized carbons (Fsp3) is 0.280. The van der Waals surface area contributed by atoms with Crippen molar-refractivity contribution < 1.29 is 9.53 Å². The number of nitrogens with zero attached hydrogens (tertiary/aromatic N) is 4. The van der Waals surface area contributed by atoms with Gasteiger partial charge in [0.1, 0.15) is 16.4 Å². The molecule has 5 rings (SSSR count). The van der Waals surface area contributed by atoms with Crippen molar-refractivity contribution in [2.75, 3.05) is 30.9 Å². The maximum absolute atomic E-state index is 12.8. The lowest BCUT2D eigenvalue weighted by Gasteiger charge is -2.21. The van der Waals surface area contributed by atoms with E-state index in [1.54, 1.807) is 30.8 Å². The van der Waals surface area contributed by atoms with E-state index in [1.807, 2.05) is 48.3 Å². The van der Waals surface area contributed by atoms with Crippen LogP contribution in [0.15, 0.2) is 48.8 Å². The minimum atomic E-state index is -0.110. The van der Waals surface area contributed by atoms with Gasteiger partial charge in [-0.05, 0) is 67.6 Å². The number of ether oxygens (including phenoxy) is 1. The van der Waals surface area contributed by atoms with E-state index in [0.717, 1.165) is 45.9 Å². The number of methoxy groups -OCH3 is 1. The molecule has 1 aliphatic carbocycles. The van der Waals surface area contributed by atoms with E-state index >= 15 is 0 Å². The van der Waals surface area contributed by atoms with Crippen LogP contribution < -0.4 is 15.0 Å². The average Bonchev–Trinajstić information content (AvgIpc) is 3.23. The number of aromatic nitrogens is 3. The van der Waals surface area contributed by atoms with Crippen molar-refractivity contribution in [3.63, 3.8) is 0 Å². The molecular weight excluding hydrogens is 434 g/mol. The molecule has 0 unspecified atom stereocenters. The monoisotopic (exact) mass is 459 g/mol. The Morgan fingerprint density at radius 2 is 1.97 bits per heavy atom. The number of likely N-dealkylation sites (N-methyl/N-ethyl adjacent to an activating group) is 1. The number of anilines is 2. The molecule has 0 radical (unpaired) electrons. The van der Waals surface area contributed by atoms with Gasteiger partial charge in [0.15, 0.2) is 5.82 Å². The third kappa shape index (κ3) is 4.39. The molecule has 3 aromatic heterocycles. The lowest BCUT2D eigenvalue weighted by atomic mass is 9.97. The average molecular weight is 460 g/mol. The molecule has 1 aromatic carbocycles. The summed E-state index contributed by atoms with van der Waals surface area (Å²) in [6.45, 7) is 0.176. The fourth-order valence-electron chi connectivity index (χ4n) is 4.20. The Morgan fingerprint density at radius 3 is 2.73 bits per heavy atom. The molecule has 0 fully saturated rings. The third-order valence-electron chi connectivity index (χ3n) is 5.83. The number of nitrogens with one attached hydrogen (secondary N) is 1. The molecule has 0 aliphatic heterocycles. The molecule has 168 valence electrons. The molecule has 0 saturated carbocycles. The molecular formula is C25H25N5O2S. The Balaban J connectivity index is 1.48. The van der Waals surface area contributed by atoms with Gasteiger partial charge in [-0.15, -0.1) is 11.3 Å². The number of amides is 1. The van der Waals surface area contributed by atoms with Gasteiger partial charge in [-0.1, -0.05) is 0 Å². The van der Waals surface area contributed by atoms with Gasteiger partial charge in [-0.25, -0.2) is 9.97 Å². The first-order valence-corrected chi connectivity index (χ1v) is 11.8. The molecule has 0 spiro atoms. The zero-order valence-electron chi connectivity index (χ0n) is 18.7. The molecule has 1 amide bonds. The van der Waals surface area contributed by atoms with E-state index < -0.39 is 0 Å². The maximum atomic E-state index is 12.8. The summed E-state index contributed by atoms with van der Waals surface area (Å²) < 4.78 is 5.18. The zero-order valence-corrected chi connectivity index (χ0v) is 19.5. The molecule has 0 bridgehead atoms. The van der Waals surface area contributed by atoms with Crippen LogP contribution in [0.2, 0.25) is 0 Å². The van der Waals surface area contributed by atoms with Crippen molar-refractivity contribution in [2.45, 2.75) is 25.7 Å². The lowest BCUT2D eigenvalue weighted by Crippen LogP contribution is -2.31. The number of carbonyl (C=O) groups excluding carboxylic acids is 1. The standard InChI is InChI=1S/C25H25N5O2S/c1-30(15-21(31)27-17-9-11-18(32-2)12-10-17)24-22-19-7-3-4-8-20(19)33-25(22)29-23(28-24)16-6-5-13-26-14-16/h5-6,9-14H,3-4,7-8,15H2,1-2H3,(H,27,31). The van der Waals surface area contributed by atoms with E-state index in [4.69, 9.17) is 14.7 Å². The number of thiophene rings is 1. The van der Waals surface area contributed by atoms with Crippen LogP contribution in [0, 0.1) is 0 Å². The summed E-state index contributed by atoms with van der Waals surface area (Å²) in [7, 11) is 3.53. The minimum absolute atomic E-state index is 0.110. The van der Waals surface area contributed by atoms with E-state index in [0.29, 0.717) is 5.82 Å². The van der Waals surface area contributed by atoms with Crippen LogP contribution in [-0.4, -0.2) is 41.6 Å². The smallest absolute Gasteiger partial charge is 0.243 e. The van der Waals surface area contributed by atoms with E-state index in [1.165, 1.54) is 23.3 Å². The van der Waals surface area contributed by atoms with Crippen LogP contribution in [0.4, 0.5) is 11.5 Å². The largest absolute Gasteiger partial charge is 0.497 e. The molecule has 0 atom stereocenters. The van der Waals surface area contributed by atoms with Crippen LogP contribution in [-0.2, 0) is 17.6 Å².